The van der Waals surface area contributed by atoms with Crippen LogP contribution < -0.4 is 10.5 Å². The monoisotopic (exact) mass is 428 g/mol. The van der Waals surface area contributed by atoms with Gasteiger partial charge < -0.3 is 9.30 Å². The lowest BCUT2D eigenvalue weighted by atomic mass is 10.1. The van der Waals surface area contributed by atoms with Crippen LogP contribution in [0.15, 0.2) is 47.7 Å². The Hall–Kier alpha value is -3.19. The van der Waals surface area contributed by atoms with Crippen LogP contribution in [-0.4, -0.2) is 55.9 Å². The number of aryl methyl sites for hydroxylation is 2. The third-order valence-corrected chi connectivity index (χ3v) is 7.02. The van der Waals surface area contributed by atoms with Crippen LogP contribution in [-0.2, 0) is 6.42 Å². The first-order valence-corrected chi connectivity index (χ1v) is 11.6. The molecule has 6 heterocycles. The molecule has 0 aromatic carbocycles. The third kappa shape index (κ3) is 3.19. The van der Waals surface area contributed by atoms with Gasteiger partial charge >= 0.3 is 0 Å². The molecule has 1 atom stereocenters. The zero-order valence-corrected chi connectivity index (χ0v) is 18.7. The van der Waals surface area contributed by atoms with E-state index >= 15 is 0 Å². The average Bonchev–Trinajstić information content (AvgIpc) is 3.43. The minimum Gasteiger partial charge on any atom is -0.367 e. The first-order valence-electron chi connectivity index (χ1n) is 11.6. The van der Waals surface area contributed by atoms with Crippen LogP contribution in [0.3, 0.4) is 0 Å². The summed E-state index contributed by atoms with van der Waals surface area (Å²) in [5.41, 5.74) is 6.47. The molecule has 0 spiro atoms. The van der Waals surface area contributed by atoms with Crippen molar-refractivity contribution in [3.05, 3.63) is 64.5 Å². The molecule has 0 N–H and O–H groups in total. The highest BCUT2D eigenvalue weighted by Crippen LogP contribution is 2.26. The van der Waals surface area contributed by atoms with E-state index < -0.39 is 0 Å². The fraction of sp³-hybridized carbons (Fsp3) is 0.400. The van der Waals surface area contributed by atoms with E-state index in [-0.39, 0.29) is 5.56 Å². The van der Waals surface area contributed by atoms with Gasteiger partial charge in [0.1, 0.15) is 11.3 Å². The van der Waals surface area contributed by atoms with Crippen LogP contribution in [0.4, 0.5) is 5.69 Å². The highest BCUT2D eigenvalue weighted by atomic mass is 16.1. The SMILES string of the molecule is CCc1cc(-c2cc(=O)n3cc(N4CCN5CCCC5C4)ccc3n2)cn2cc(C)nc12. The Morgan fingerprint density at radius 2 is 1.97 bits per heavy atom. The van der Waals surface area contributed by atoms with E-state index in [1.807, 2.05) is 36.0 Å². The fourth-order valence-electron chi connectivity index (χ4n) is 5.34. The maximum absolute atomic E-state index is 13.1. The van der Waals surface area contributed by atoms with E-state index in [1.165, 1.54) is 19.4 Å². The molecule has 4 aromatic rings. The minimum absolute atomic E-state index is 0.0497. The van der Waals surface area contributed by atoms with Crippen molar-refractivity contribution in [2.24, 2.45) is 0 Å². The molecule has 0 amide bonds. The van der Waals surface area contributed by atoms with Gasteiger partial charge in [0.05, 0.1) is 17.1 Å². The number of nitrogens with zero attached hydrogens (tertiary/aromatic N) is 6. The summed E-state index contributed by atoms with van der Waals surface area (Å²) in [5.74, 6) is 0. The normalized spacial score (nSPS) is 19.2. The van der Waals surface area contributed by atoms with Gasteiger partial charge in [0.25, 0.3) is 5.56 Å². The molecule has 2 aliphatic heterocycles. The van der Waals surface area contributed by atoms with Crippen molar-refractivity contribution in [3.63, 3.8) is 0 Å². The molecule has 0 bridgehead atoms. The van der Waals surface area contributed by atoms with Crippen LogP contribution in [0.25, 0.3) is 22.6 Å². The van der Waals surface area contributed by atoms with Gasteiger partial charge in [0.15, 0.2) is 0 Å². The Balaban J connectivity index is 1.38. The summed E-state index contributed by atoms with van der Waals surface area (Å²) in [7, 11) is 0. The van der Waals surface area contributed by atoms with Gasteiger partial charge in [-0.25, -0.2) is 9.97 Å². The molecular weight excluding hydrogens is 400 g/mol. The van der Waals surface area contributed by atoms with Crippen LogP contribution in [0.2, 0.25) is 0 Å². The molecule has 0 aliphatic carbocycles. The molecule has 7 heteroatoms. The predicted octanol–water partition coefficient (Wildman–Crippen LogP) is 3.16. The van der Waals surface area contributed by atoms with Crippen LogP contribution in [0, 0.1) is 6.92 Å². The Kier molecular flexibility index (Phi) is 4.54. The highest BCUT2D eigenvalue weighted by molar-refractivity contribution is 5.66. The number of rotatable bonds is 3. The quantitative estimate of drug-likeness (QED) is 0.502. The molecule has 0 saturated carbocycles. The molecule has 2 saturated heterocycles. The van der Waals surface area contributed by atoms with Crippen molar-refractivity contribution in [1.29, 1.82) is 0 Å². The lowest BCUT2D eigenvalue weighted by Crippen LogP contribution is -2.50. The first kappa shape index (κ1) is 19.5. The van der Waals surface area contributed by atoms with Crippen LogP contribution in [0.5, 0.6) is 0 Å². The number of hydrogen-bond acceptors (Lipinski definition) is 5. The van der Waals surface area contributed by atoms with Gasteiger partial charge in [0, 0.05) is 55.9 Å². The maximum atomic E-state index is 13.1. The van der Waals surface area contributed by atoms with E-state index in [4.69, 9.17) is 4.98 Å². The summed E-state index contributed by atoms with van der Waals surface area (Å²) < 4.78 is 3.72. The summed E-state index contributed by atoms with van der Waals surface area (Å²) in [6, 6.07) is 8.48. The summed E-state index contributed by atoms with van der Waals surface area (Å²) in [5, 5.41) is 0. The van der Waals surface area contributed by atoms with Crippen LogP contribution in [0.1, 0.15) is 31.0 Å². The number of aromatic nitrogens is 4. The van der Waals surface area contributed by atoms with Crippen molar-refractivity contribution in [2.75, 3.05) is 31.1 Å². The Morgan fingerprint density at radius 1 is 1.06 bits per heavy atom. The summed E-state index contributed by atoms with van der Waals surface area (Å²) >= 11 is 0. The second-order valence-corrected chi connectivity index (χ2v) is 9.09. The fourth-order valence-corrected chi connectivity index (χ4v) is 5.34. The molecule has 6 rings (SSSR count). The van der Waals surface area contributed by atoms with E-state index in [0.29, 0.717) is 17.4 Å². The second kappa shape index (κ2) is 7.45. The maximum Gasteiger partial charge on any atom is 0.258 e. The molecule has 32 heavy (non-hydrogen) atoms. The molecular formula is C25H28N6O. The number of pyridine rings is 2. The van der Waals surface area contributed by atoms with Crippen molar-refractivity contribution in [1.82, 2.24) is 23.7 Å². The Labute approximate surface area is 186 Å². The van der Waals surface area contributed by atoms with Crippen molar-refractivity contribution in [3.8, 4) is 11.3 Å². The number of piperazine rings is 1. The number of hydrogen-bond donors (Lipinski definition) is 0. The van der Waals surface area contributed by atoms with Crippen molar-refractivity contribution < 1.29 is 0 Å². The van der Waals surface area contributed by atoms with Gasteiger partial charge in [-0.15, -0.1) is 0 Å². The summed E-state index contributed by atoms with van der Waals surface area (Å²) in [4.78, 5) is 27.6. The van der Waals surface area contributed by atoms with E-state index in [1.54, 1.807) is 10.5 Å². The van der Waals surface area contributed by atoms with Gasteiger partial charge in [-0.05, 0) is 56.5 Å². The number of fused-ring (bicyclic) bond motifs is 3. The van der Waals surface area contributed by atoms with Gasteiger partial charge in [-0.2, -0.15) is 0 Å². The Bertz CT molecular complexity index is 1390. The molecule has 164 valence electrons. The molecule has 1 unspecified atom stereocenters. The van der Waals surface area contributed by atoms with Crippen molar-refractivity contribution >= 4 is 17.0 Å². The van der Waals surface area contributed by atoms with E-state index in [9.17, 15) is 4.79 Å². The van der Waals surface area contributed by atoms with Crippen LogP contribution >= 0.6 is 0 Å². The largest absolute Gasteiger partial charge is 0.367 e. The van der Waals surface area contributed by atoms with Gasteiger partial charge in [0.2, 0.25) is 0 Å². The van der Waals surface area contributed by atoms with Gasteiger partial charge in [-0.3, -0.25) is 14.1 Å². The third-order valence-electron chi connectivity index (χ3n) is 7.02. The first-order chi connectivity index (χ1) is 15.6. The average molecular weight is 429 g/mol. The highest BCUT2D eigenvalue weighted by Gasteiger charge is 2.30. The van der Waals surface area contributed by atoms with Crippen molar-refractivity contribution in [2.45, 2.75) is 39.2 Å². The topological polar surface area (TPSA) is 58.2 Å². The predicted molar refractivity (Wildman–Crippen MR) is 127 cm³/mol. The lowest BCUT2D eigenvalue weighted by molar-refractivity contribution is 0.231. The molecule has 2 fully saturated rings. The molecule has 4 aromatic heterocycles. The zero-order valence-electron chi connectivity index (χ0n) is 18.7. The minimum atomic E-state index is -0.0497. The summed E-state index contributed by atoms with van der Waals surface area (Å²) in [6.45, 7) is 8.50. The Morgan fingerprint density at radius 3 is 2.84 bits per heavy atom. The van der Waals surface area contributed by atoms with Gasteiger partial charge in [-0.1, -0.05) is 6.92 Å². The molecule has 2 aliphatic rings. The molecule has 7 nitrogen and oxygen atoms in total. The lowest BCUT2D eigenvalue weighted by Gasteiger charge is -2.38. The molecule has 0 radical (unpaired) electrons. The van der Waals surface area contributed by atoms with E-state index in [0.717, 1.165) is 54.2 Å². The second-order valence-electron chi connectivity index (χ2n) is 9.09. The number of anilines is 1. The smallest absolute Gasteiger partial charge is 0.258 e. The van der Waals surface area contributed by atoms with E-state index in [2.05, 4.69) is 33.8 Å². The number of imidazole rings is 1. The standard InChI is InChI=1S/C25H28N6O/c1-3-18-11-19(14-30-13-17(2)26-25(18)30)22-12-24(32)31-16-21(6-7-23(31)27-22)29-10-9-28-8-4-5-20(28)15-29/h6-7,11-14,16,20H,3-5,8-10,15H2,1-2H3. The zero-order chi connectivity index (χ0) is 21.8. The summed E-state index contributed by atoms with van der Waals surface area (Å²) in [6.07, 6.45) is 9.43.